The van der Waals surface area contributed by atoms with Crippen LogP contribution in [0.3, 0.4) is 0 Å². The molecular formula is C15H22O5. The van der Waals surface area contributed by atoms with Gasteiger partial charge in [0.2, 0.25) is 0 Å². The van der Waals surface area contributed by atoms with Crippen LogP contribution in [0.5, 0.6) is 5.75 Å². The maximum Gasteiger partial charge on any atom is 0.188 e. The summed E-state index contributed by atoms with van der Waals surface area (Å²) in [4.78, 5) is 11.8. The summed E-state index contributed by atoms with van der Waals surface area (Å²) in [5.41, 5.74) is 0.619. The number of benzene rings is 1. The van der Waals surface area contributed by atoms with Gasteiger partial charge >= 0.3 is 0 Å². The minimum Gasteiger partial charge on any atom is -0.494 e. The molecule has 0 aliphatic carbocycles. The summed E-state index contributed by atoms with van der Waals surface area (Å²) in [5.74, 6) is 0.710. The van der Waals surface area contributed by atoms with E-state index in [2.05, 4.69) is 0 Å². The van der Waals surface area contributed by atoms with Crippen molar-refractivity contribution in [3.05, 3.63) is 29.8 Å². The summed E-state index contributed by atoms with van der Waals surface area (Å²) in [5, 5.41) is 0. The first-order valence-electron chi connectivity index (χ1n) is 6.68. The zero-order valence-corrected chi connectivity index (χ0v) is 12.1. The van der Waals surface area contributed by atoms with E-state index in [-0.39, 0.29) is 12.4 Å². The maximum atomic E-state index is 11.8. The van der Waals surface area contributed by atoms with Gasteiger partial charge in [-0.1, -0.05) is 0 Å². The van der Waals surface area contributed by atoms with Gasteiger partial charge in [-0.2, -0.15) is 0 Å². The molecule has 1 aromatic carbocycles. The average Bonchev–Trinajstić information content (AvgIpc) is 2.47. The fraction of sp³-hybridized carbons (Fsp3) is 0.533. The van der Waals surface area contributed by atoms with Crippen molar-refractivity contribution >= 4 is 5.78 Å². The summed E-state index contributed by atoms with van der Waals surface area (Å²) in [6.45, 7) is 4.53. The highest BCUT2D eigenvalue weighted by Gasteiger charge is 2.06. The van der Waals surface area contributed by atoms with E-state index in [4.69, 9.17) is 18.9 Å². The predicted octanol–water partition coefficient (Wildman–Crippen LogP) is 1.95. The molecule has 0 aliphatic heterocycles. The molecule has 0 aromatic heterocycles. The van der Waals surface area contributed by atoms with Crippen molar-refractivity contribution in [1.29, 1.82) is 0 Å². The van der Waals surface area contributed by atoms with Gasteiger partial charge in [0.05, 0.1) is 33.0 Å². The number of hydrogen-bond acceptors (Lipinski definition) is 5. The summed E-state index contributed by atoms with van der Waals surface area (Å²) < 4.78 is 20.6. The molecule has 0 radical (unpaired) electrons. The first-order valence-corrected chi connectivity index (χ1v) is 6.68. The second-order valence-electron chi connectivity index (χ2n) is 4.04. The Morgan fingerprint density at radius 3 is 2.30 bits per heavy atom. The molecule has 0 spiro atoms. The molecule has 5 nitrogen and oxygen atoms in total. The molecule has 0 amide bonds. The number of Topliss-reactive ketones (excluding diaryl/α,β-unsaturated/α-hetero) is 1. The van der Waals surface area contributed by atoms with Crippen molar-refractivity contribution in [2.24, 2.45) is 0 Å². The molecule has 0 fully saturated rings. The lowest BCUT2D eigenvalue weighted by Gasteiger charge is -2.06. The molecule has 0 aliphatic rings. The van der Waals surface area contributed by atoms with Crippen LogP contribution in [-0.4, -0.2) is 52.5 Å². The fourth-order valence-electron chi connectivity index (χ4n) is 1.51. The number of carbonyl (C=O) groups excluding carboxylic acids is 1. The van der Waals surface area contributed by atoms with Crippen LogP contribution in [0.25, 0.3) is 0 Å². The number of ether oxygens (including phenoxy) is 4. The molecule has 0 atom stereocenters. The molecule has 112 valence electrons. The molecule has 20 heavy (non-hydrogen) atoms. The van der Waals surface area contributed by atoms with Crippen molar-refractivity contribution in [3.63, 3.8) is 0 Å². The largest absolute Gasteiger partial charge is 0.494 e. The number of hydrogen-bond donors (Lipinski definition) is 0. The monoisotopic (exact) mass is 282 g/mol. The first-order chi connectivity index (χ1) is 9.77. The third-order valence-electron chi connectivity index (χ3n) is 2.52. The van der Waals surface area contributed by atoms with E-state index >= 15 is 0 Å². The summed E-state index contributed by atoms with van der Waals surface area (Å²) >= 11 is 0. The van der Waals surface area contributed by atoms with Gasteiger partial charge in [0.1, 0.15) is 12.4 Å². The SMILES string of the molecule is CCOc1ccc(C(=O)COCCOCCOC)cc1. The van der Waals surface area contributed by atoms with Crippen molar-refractivity contribution in [2.75, 3.05) is 46.8 Å². The third-order valence-corrected chi connectivity index (χ3v) is 2.52. The van der Waals surface area contributed by atoms with Gasteiger partial charge in [-0.05, 0) is 31.2 Å². The maximum absolute atomic E-state index is 11.8. The summed E-state index contributed by atoms with van der Waals surface area (Å²) in [7, 11) is 1.62. The Labute approximate surface area is 119 Å². The highest BCUT2D eigenvalue weighted by Crippen LogP contribution is 2.12. The van der Waals surface area contributed by atoms with Crippen molar-refractivity contribution in [2.45, 2.75) is 6.92 Å². The normalized spacial score (nSPS) is 10.5. The predicted molar refractivity (Wildman–Crippen MR) is 75.5 cm³/mol. The molecule has 0 bridgehead atoms. The van der Waals surface area contributed by atoms with Gasteiger partial charge in [0.15, 0.2) is 5.78 Å². The second kappa shape index (κ2) is 10.4. The van der Waals surface area contributed by atoms with Gasteiger partial charge in [0, 0.05) is 12.7 Å². The fourth-order valence-corrected chi connectivity index (χ4v) is 1.51. The lowest BCUT2D eigenvalue weighted by molar-refractivity contribution is 0.0253. The molecule has 5 heteroatoms. The minimum absolute atomic E-state index is 0.0510. The van der Waals surface area contributed by atoms with Crippen LogP contribution in [-0.2, 0) is 14.2 Å². The Balaban J connectivity index is 2.18. The van der Waals surface area contributed by atoms with E-state index in [0.717, 1.165) is 5.75 Å². The van der Waals surface area contributed by atoms with Gasteiger partial charge in [-0.25, -0.2) is 0 Å². The van der Waals surface area contributed by atoms with E-state index in [9.17, 15) is 4.79 Å². The van der Waals surface area contributed by atoms with Gasteiger partial charge in [0.25, 0.3) is 0 Å². The van der Waals surface area contributed by atoms with E-state index in [1.54, 1.807) is 31.4 Å². The quantitative estimate of drug-likeness (QED) is 0.458. The summed E-state index contributed by atoms with van der Waals surface area (Å²) in [6.07, 6.45) is 0. The zero-order chi connectivity index (χ0) is 14.6. The van der Waals surface area contributed by atoms with Gasteiger partial charge in [-0.3, -0.25) is 4.79 Å². The molecular weight excluding hydrogens is 260 g/mol. The lowest BCUT2D eigenvalue weighted by Crippen LogP contribution is -2.13. The minimum atomic E-state index is -0.0510. The van der Waals surface area contributed by atoms with Crippen LogP contribution in [0.4, 0.5) is 0 Å². The standard InChI is InChI=1S/C15H22O5/c1-3-20-14-6-4-13(5-7-14)15(16)12-19-11-10-18-9-8-17-2/h4-7H,3,8-12H2,1-2H3. The molecule has 0 saturated heterocycles. The second-order valence-corrected chi connectivity index (χ2v) is 4.04. The van der Waals surface area contributed by atoms with E-state index < -0.39 is 0 Å². The molecule has 1 rings (SSSR count). The van der Waals surface area contributed by atoms with Crippen LogP contribution < -0.4 is 4.74 Å². The number of ketones is 1. The Bertz CT molecular complexity index is 374. The molecule has 0 heterocycles. The number of methoxy groups -OCH3 is 1. The van der Waals surface area contributed by atoms with Crippen molar-refractivity contribution in [3.8, 4) is 5.75 Å². The topological polar surface area (TPSA) is 54.0 Å². The third kappa shape index (κ3) is 6.65. The van der Waals surface area contributed by atoms with Crippen LogP contribution in [0.1, 0.15) is 17.3 Å². The van der Waals surface area contributed by atoms with Gasteiger partial charge in [-0.15, -0.1) is 0 Å². The Hall–Kier alpha value is -1.43. The molecule has 0 saturated carbocycles. The number of rotatable bonds is 11. The molecule has 0 unspecified atom stereocenters. The van der Waals surface area contributed by atoms with Crippen LogP contribution in [0.2, 0.25) is 0 Å². The highest BCUT2D eigenvalue weighted by atomic mass is 16.5. The van der Waals surface area contributed by atoms with E-state index in [1.807, 2.05) is 6.92 Å². The molecule has 0 N–H and O–H groups in total. The van der Waals surface area contributed by atoms with E-state index in [0.29, 0.717) is 38.6 Å². The average molecular weight is 282 g/mol. The highest BCUT2D eigenvalue weighted by molar-refractivity contribution is 5.97. The van der Waals surface area contributed by atoms with Crippen molar-refractivity contribution in [1.82, 2.24) is 0 Å². The lowest BCUT2D eigenvalue weighted by atomic mass is 10.1. The van der Waals surface area contributed by atoms with Crippen LogP contribution in [0.15, 0.2) is 24.3 Å². The van der Waals surface area contributed by atoms with Crippen LogP contribution in [0, 0.1) is 0 Å². The zero-order valence-electron chi connectivity index (χ0n) is 12.1. The summed E-state index contributed by atoms with van der Waals surface area (Å²) in [6, 6.07) is 7.05. The van der Waals surface area contributed by atoms with Crippen molar-refractivity contribution < 1.29 is 23.7 Å². The Kier molecular flexibility index (Phi) is 8.62. The Morgan fingerprint density at radius 1 is 1.00 bits per heavy atom. The smallest absolute Gasteiger partial charge is 0.188 e. The number of carbonyl (C=O) groups is 1. The first kappa shape index (κ1) is 16.6. The van der Waals surface area contributed by atoms with Gasteiger partial charge < -0.3 is 18.9 Å². The van der Waals surface area contributed by atoms with E-state index in [1.165, 1.54) is 0 Å². The molecule has 1 aromatic rings. The Morgan fingerprint density at radius 2 is 1.65 bits per heavy atom. The van der Waals surface area contributed by atoms with Crippen LogP contribution >= 0.6 is 0 Å².